The fourth-order valence-electron chi connectivity index (χ4n) is 4.14. The molecule has 0 radical (unpaired) electrons. The van der Waals surface area contributed by atoms with Gasteiger partial charge in [-0.2, -0.15) is 0 Å². The molecule has 0 bridgehead atoms. The Morgan fingerprint density at radius 2 is 2.19 bits per heavy atom. The zero-order chi connectivity index (χ0) is 18.1. The van der Waals surface area contributed by atoms with Gasteiger partial charge in [-0.05, 0) is 50.5 Å². The van der Waals surface area contributed by atoms with E-state index in [2.05, 4.69) is 22.1 Å². The van der Waals surface area contributed by atoms with E-state index in [0.717, 1.165) is 55.5 Å². The third-order valence-corrected chi connectivity index (χ3v) is 5.80. The van der Waals surface area contributed by atoms with Gasteiger partial charge in [0, 0.05) is 54.0 Å². The summed E-state index contributed by atoms with van der Waals surface area (Å²) < 4.78 is 0. The van der Waals surface area contributed by atoms with Gasteiger partial charge in [0.2, 0.25) is 5.91 Å². The maximum Gasteiger partial charge on any atom is 0.236 e. The Kier molecular flexibility index (Phi) is 5.00. The van der Waals surface area contributed by atoms with E-state index in [0.29, 0.717) is 23.7 Å². The molecular formula is C20H25ClN4O. The first kappa shape index (κ1) is 17.6. The molecule has 0 aliphatic carbocycles. The van der Waals surface area contributed by atoms with E-state index in [4.69, 9.17) is 11.6 Å². The van der Waals surface area contributed by atoms with E-state index >= 15 is 0 Å². The van der Waals surface area contributed by atoms with Crippen LogP contribution in [0.15, 0.2) is 30.5 Å². The van der Waals surface area contributed by atoms with E-state index in [1.54, 1.807) is 0 Å². The summed E-state index contributed by atoms with van der Waals surface area (Å²) in [4.78, 5) is 21.2. The van der Waals surface area contributed by atoms with Gasteiger partial charge >= 0.3 is 0 Å². The average Bonchev–Trinajstić information content (AvgIpc) is 3.24. The molecule has 1 amide bonds. The number of carbonyl (C=O) groups is 1. The molecule has 1 aromatic heterocycles. The van der Waals surface area contributed by atoms with Gasteiger partial charge in [0.15, 0.2) is 0 Å². The monoisotopic (exact) mass is 372 g/mol. The lowest BCUT2D eigenvalue weighted by atomic mass is 10.1. The summed E-state index contributed by atoms with van der Waals surface area (Å²) in [6, 6.07) is 8.49. The molecule has 138 valence electrons. The number of nitrogens with zero attached hydrogens (tertiary/aromatic N) is 3. The number of hydrogen-bond acceptors (Lipinski definition) is 4. The summed E-state index contributed by atoms with van der Waals surface area (Å²) >= 11 is 6.16. The number of nitrogens with one attached hydrogen (secondary N) is 1. The van der Waals surface area contributed by atoms with Crippen molar-refractivity contribution in [3.05, 3.63) is 35.5 Å². The SMILES string of the molecule is C[C@@H]1CCCN1C(=O)CN1CC[C@@H](Nc2ccnc3ccc(Cl)cc23)C1. The van der Waals surface area contributed by atoms with Gasteiger partial charge in [-0.25, -0.2) is 0 Å². The highest BCUT2D eigenvalue weighted by molar-refractivity contribution is 6.31. The van der Waals surface area contributed by atoms with Crippen molar-refractivity contribution in [3.63, 3.8) is 0 Å². The number of rotatable bonds is 4. The van der Waals surface area contributed by atoms with E-state index in [9.17, 15) is 4.79 Å². The van der Waals surface area contributed by atoms with Crippen molar-refractivity contribution in [3.8, 4) is 0 Å². The van der Waals surface area contributed by atoms with Crippen LogP contribution in [0, 0.1) is 0 Å². The van der Waals surface area contributed by atoms with Crippen LogP contribution in [-0.2, 0) is 4.79 Å². The van der Waals surface area contributed by atoms with Crippen LogP contribution in [0.4, 0.5) is 5.69 Å². The smallest absolute Gasteiger partial charge is 0.236 e. The second-order valence-corrected chi connectivity index (χ2v) is 7.90. The number of amides is 1. The quantitative estimate of drug-likeness (QED) is 0.893. The maximum absolute atomic E-state index is 12.5. The molecule has 2 aliphatic rings. The summed E-state index contributed by atoms with van der Waals surface area (Å²) in [5.41, 5.74) is 2.00. The summed E-state index contributed by atoms with van der Waals surface area (Å²) in [6.07, 6.45) is 5.12. The minimum absolute atomic E-state index is 0.275. The van der Waals surface area contributed by atoms with E-state index in [-0.39, 0.29) is 5.91 Å². The number of pyridine rings is 1. The first-order valence-corrected chi connectivity index (χ1v) is 9.80. The first-order valence-electron chi connectivity index (χ1n) is 9.43. The first-order chi connectivity index (χ1) is 12.6. The van der Waals surface area contributed by atoms with Crippen molar-refractivity contribution in [2.75, 3.05) is 31.5 Å². The number of aromatic nitrogens is 1. The number of hydrogen-bond donors (Lipinski definition) is 1. The van der Waals surface area contributed by atoms with Crippen LogP contribution in [0.1, 0.15) is 26.2 Å². The third kappa shape index (κ3) is 3.64. The Morgan fingerprint density at radius 1 is 1.31 bits per heavy atom. The van der Waals surface area contributed by atoms with Gasteiger partial charge in [0.25, 0.3) is 0 Å². The van der Waals surface area contributed by atoms with E-state index in [1.165, 1.54) is 0 Å². The van der Waals surface area contributed by atoms with Crippen molar-refractivity contribution in [1.29, 1.82) is 0 Å². The molecule has 1 N–H and O–H groups in total. The Labute approximate surface area is 159 Å². The van der Waals surface area contributed by atoms with Crippen molar-refractivity contribution >= 4 is 34.1 Å². The highest BCUT2D eigenvalue weighted by Crippen LogP contribution is 2.27. The van der Waals surface area contributed by atoms with Crippen molar-refractivity contribution < 1.29 is 4.79 Å². The number of anilines is 1. The topological polar surface area (TPSA) is 48.5 Å². The van der Waals surface area contributed by atoms with Gasteiger partial charge in [0.1, 0.15) is 0 Å². The van der Waals surface area contributed by atoms with Crippen molar-refractivity contribution in [2.24, 2.45) is 0 Å². The second-order valence-electron chi connectivity index (χ2n) is 7.46. The summed E-state index contributed by atoms with van der Waals surface area (Å²) in [7, 11) is 0. The molecule has 5 nitrogen and oxygen atoms in total. The number of likely N-dealkylation sites (tertiary alicyclic amines) is 2. The lowest BCUT2D eigenvalue weighted by Crippen LogP contribution is -2.41. The van der Waals surface area contributed by atoms with Crippen molar-refractivity contribution in [2.45, 2.75) is 38.3 Å². The van der Waals surface area contributed by atoms with Gasteiger partial charge in [-0.1, -0.05) is 11.6 Å². The molecule has 6 heteroatoms. The molecule has 2 saturated heterocycles. The van der Waals surface area contributed by atoms with Crippen LogP contribution in [0.2, 0.25) is 5.02 Å². The number of halogens is 1. The molecule has 2 fully saturated rings. The van der Waals surface area contributed by atoms with Crippen LogP contribution < -0.4 is 5.32 Å². The minimum atomic E-state index is 0.275. The highest BCUT2D eigenvalue weighted by atomic mass is 35.5. The lowest BCUT2D eigenvalue weighted by Gasteiger charge is -2.25. The molecule has 1 aromatic carbocycles. The normalized spacial score (nSPS) is 23.7. The standard InChI is InChI=1S/C20H25ClN4O/c1-14-3-2-9-25(14)20(26)13-24-10-7-16(12-24)23-19-6-8-22-18-5-4-15(21)11-17(18)19/h4-6,8,11,14,16H,2-3,7,9-10,12-13H2,1H3,(H,22,23)/t14-,16-/m1/s1. The molecule has 0 saturated carbocycles. The van der Waals surface area contributed by atoms with Gasteiger partial charge in [-0.3, -0.25) is 14.7 Å². The summed E-state index contributed by atoms with van der Waals surface area (Å²) in [6.45, 7) is 5.44. The molecule has 3 heterocycles. The fourth-order valence-corrected chi connectivity index (χ4v) is 4.32. The van der Waals surface area contributed by atoms with Crippen LogP contribution in [0.3, 0.4) is 0 Å². The Hall–Kier alpha value is -1.85. The zero-order valence-electron chi connectivity index (χ0n) is 15.1. The Morgan fingerprint density at radius 3 is 3.00 bits per heavy atom. The Balaban J connectivity index is 1.39. The van der Waals surface area contributed by atoms with Crippen molar-refractivity contribution in [1.82, 2.24) is 14.8 Å². The van der Waals surface area contributed by atoms with Crippen LogP contribution in [0.25, 0.3) is 10.9 Å². The number of benzene rings is 1. The van der Waals surface area contributed by atoms with Crippen LogP contribution >= 0.6 is 11.6 Å². The molecule has 26 heavy (non-hydrogen) atoms. The predicted molar refractivity (Wildman–Crippen MR) is 106 cm³/mol. The van der Waals surface area contributed by atoms with Crippen LogP contribution in [0.5, 0.6) is 0 Å². The molecule has 2 atom stereocenters. The fraction of sp³-hybridized carbons (Fsp3) is 0.500. The molecule has 2 aliphatic heterocycles. The molecule has 0 unspecified atom stereocenters. The average molecular weight is 373 g/mol. The summed E-state index contributed by atoms with van der Waals surface area (Å²) in [5, 5.41) is 5.38. The maximum atomic E-state index is 12.5. The van der Waals surface area contributed by atoms with Gasteiger partial charge < -0.3 is 10.2 Å². The van der Waals surface area contributed by atoms with Crippen LogP contribution in [-0.4, -0.2) is 59.0 Å². The van der Waals surface area contributed by atoms with Gasteiger partial charge in [-0.15, -0.1) is 0 Å². The molecule has 0 spiro atoms. The minimum Gasteiger partial charge on any atom is -0.380 e. The largest absolute Gasteiger partial charge is 0.380 e. The molecule has 2 aromatic rings. The number of carbonyl (C=O) groups excluding carboxylic acids is 1. The Bertz CT molecular complexity index is 811. The zero-order valence-corrected chi connectivity index (χ0v) is 15.9. The van der Waals surface area contributed by atoms with E-state index < -0.39 is 0 Å². The third-order valence-electron chi connectivity index (χ3n) is 5.57. The van der Waals surface area contributed by atoms with Gasteiger partial charge in [0.05, 0.1) is 12.1 Å². The second kappa shape index (κ2) is 7.41. The van der Waals surface area contributed by atoms with E-state index in [1.807, 2.05) is 35.4 Å². The highest BCUT2D eigenvalue weighted by Gasteiger charge is 2.29. The molecular weight excluding hydrogens is 348 g/mol. The predicted octanol–water partition coefficient (Wildman–Crippen LogP) is 3.39. The summed E-state index contributed by atoms with van der Waals surface area (Å²) in [5.74, 6) is 0.275. The lowest BCUT2D eigenvalue weighted by molar-refractivity contribution is -0.132. The molecule has 4 rings (SSSR count). The number of fused-ring (bicyclic) bond motifs is 1.